The molecular weight excluding hydrogens is 278 g/mol. The van der Waals surface area contributed by atoms with Gasteiger partial charge in [0.1, 0.15) is 0 Å². The second-order valence-corrected chi connectivity index (χ2v) is 7.64. The fourth-order valence-electron chi connectivity index (χ4n) is 1.44. The van der Waals surface area contributed by atoms with Crippen molar-refractivity contribution in [2.75, 3.05) is 0 Å². The minimum absolute atomic E-state index is 0.119. The summed E-state index contributed by atoms with van der Waals surface area (Å²) in [5.74, 6) is -0.944. The van der Waals surface area contributed by atoms with Crippen LogP contribution >= 0.6 is 0 Å². The van der Waals surface area contributed by atoms with E-state index >= 15 is 0 Å². The first kappa shape index (κ1) is 16.7. The average Bonchev–Trinajstić information content (AvgIpc) is 2.26. The summed E-state index contributed by atoms with van der Waals surface area (Å²) in [5, 5.41) is 8.67. The fraction of sp³-hybridized carbons (Fsp3) is 0.500. The molecule has 0 amide bonds. The fourth-order valence-corrected chi connectivity index (χ4v) is 2.89. The molecule has 0 saturated carbocycles. The van der Waals surface area contributed by atoms with Crippen LogP contribution in [0.2, 0.25) is 0 Å². The Balaban J connectivity index is 2.91. The predicted molar refractivity (Wildman–Crippen MR) is 77.0 cm³/mol. The standard InChI is InChI=1S/C14H21NO4S/c1-10(14(2,3)4)15-20(18,19)12-7-5-11(6-8-12)9-13(16)17/h5-8,10,15H,9H2,1-4H3,(H,16,17). The van der Waals surface area contributed by atoms with Gasteiger partial charge in [-0.15, -0.1) is 0 Å². The van der Waals surface area contributed by atoms with Gasteiger partial charge >= 0.3 is 5.97 Å². The molecule has 1 aromatic carbocycles. The second-order valence-electron chi connectivity index (χ2n) is 5.92. The van der Waals surface area contributed by atoms with Crippen molar-refractivity contribution in [3.63, 3.8) is 0 Å². The Hall–Kier alpha value is -1.40. The van der Waals surface area contributed by atoms with Gasteiger partial charge in [0.05, 0.1) is 11.3 Å². The van der Waals surface area contributed by atoms with Crippen molar-refractivity contribution in [2.45, 2.75) is 45.1 Å². The Morgan fingerprint density at radius 1 is 1.25 bits per heavy atom. The molecule has 0 heterocycles. The number of rotatable bonds is 5. The third-order valence-corrected chi connectivity index (χ3v) is 4.78. The van der Waals surface area contributed by atoms with Gasteiger partial charge < -0.3 is 5.11 Å². The molecule has 1 unspecified atom stereocenters. The number of hydrogen-bond donors (Lipinski definition) is 2. The van der Waals surface area contributed by atoms with E-state index in [0.717, 1.165) is 0 Å². The van der Waals surface area contributed by atoms with Crippen molar-refractivity contribution < 1.29 is 18.3 Å². The first-order valence-corrected chi connectivity index (χ1v) is 7.84. The molecule has 1 atom stereocenters. The number of aliphatic carboxylic acids is 1. The third-order valence-electron chi connectivity index (χ3n) is 3.22. The van der Waals surface area contributed by atoms with Crippen LogP contribution in [0.15, 0.2) is 29.2 Å². The van der Waals surface area contributed by atoms with Crippen LogP contribution < -0.4 is 4.72 Å². The highest BCUT2D eigenvalue weighted by Gasteiger charge is 2.25. The van der Waals surface area contributed by atoms with Crippen molar-refractivity contribution in [3.05, 3.63) is 29.8 Å². The molecule has 1 aromatic rings. The molecule has 112 valence electrons. The first-order chi connectivity index (χ1) is 9.02. The zero-order valence-electron chi connectivity index (χ0n) is 12.2. The molecule has 2 N–H and O–H groups in total. The largest absolute Gasteiger partial charge is 0.481 e. The van der Waals surface area contributed by atoms with Gasteiger partial charge in [-0.3, -0.25) is 4.79 Å². The normalized spacial score (nSPS) is 14.0. The van der Waals surface area contributed by atoms with E-state index < -0.39 is 16.0 Å². The van der Waals surface area contributed by atoms with Crippen LogP contribution in [-0.2, 0) is 21.2 Å². The lowest BCUT2D eigenvalue weighted by molar-refractivity contribution is -0.136. The monoisotopic (exact) mass is 299 g/mol. The van der Waals surface area contributed by atoms with Gasteiger partial charge in [-0.1, -0.05) is 32.9 Å². The Bertz CT molecular complexity index is 570. The van der Waals surface area contributed by atoms with E-state index in [9.17, 15) is 13.2 Å². The number of carboxylic acids is 1. The number of benzene rings is 1. The van der Waals surface area contributed by atoms with Crippen LogP contribution in [0.5, 0.6) is 0 Å². The van der Waals surface area contributed by atoms with Crippen molar-refractivity contribution in [1.82, 2.24) is 4.72 Å². The first-order valence-electron chi connectivity index (χ1n) is 6.35. The number of nitrogens with one attached hydrogen (secondary N) is 1. The molecule has 0 radical (unpaired) electrons. The minimum atomic E-state index is -3.59. The second kappa shape index (κ2) is 5.93. The molecule has 0 bridgehead atoms. The Labute approximate surface area is 120 Å². The van der Waals surface area contributed by atoms with Gasteiger partial charge in [0.2, 0.25) is 10.0 Å². The summed E-state index contributed by atoms with van der Waals surface area (Å²) >= 11 is 0. The number of hydrogen-bond acceptors (Lipinski definition) is 3. The quantitative estimate of drug-likeness (QED) is 0.871. The molecule has 5 nitrogen and oxygen atoms in total. The Morgan fingerprint density at radius 2 is 1.75 bits per heavy atom. The highest BCUT2D eigenvalue weighted by Crippen LogP contribution is 2.21. The lowest BCUT2D eigenvalue weighted by Crippen LogP contribution is -2.41. The van der Waals surface area contributed by atoms with Crippen LogP contribution in [-0.4, -0.2) is 25.5 Å². The third kappa shape index (κ3) is 4.61. The predicted octanol–water partition coefficient (Wildman–Crippen LogP) is 2.03. The molecule has 0 saturated heterocycles. The van der Waals surface area contributed by atoms with Crippen molar-refractivity contribution >= 4 is 16.0 Å². The molecule has 0 aliphatic carbocycles. The lowest BCUT2D eigenvalue weighted by atomic mass is 9.89. The number of carbonyl (C=O) groups is 1. The van der Waals surface area contributed by atoms with Gasteiger partial charge in [0.15, 0.2) is 0 Å². The molecule has 0 aliphatic rings. The van der Waals surface area contributed by atoms with Crippen molar-refractivity contribution in [3.8, 4) is 0 Å². The molecule has 0 aromatic heterocycles. The maximum absolute atomic E-state index is 12.2. The van der Waals surface area contributed by atoms with Gasteiger partial charge in [-0.25, -0.2) is 13.1 Å². The van der Waals surface area contributed by atoms with E-state index in [1.54, 1.807) is 0 Å². The van der Waals surface area contributed by atoms with Crippen LogP contribution in [0.4, 0.5) is 0 Å². The van der Waals surface area contributed by atoms with Gasteiger partial charge in [0, 0.05) is 6.04 Å². The Kier molecular flexibility index (Phi) is 4.94. The van der Waals surface area contributed by atoms with Crippen LogP contribution in [0, 0.1) is 5.41 Å². The summed E-state index contributed by atoms with van der Waals surface area (Å²) in [6, 6.07) is 5.67. The van der Waals surface area contributed by atoms with Crippen molar-refractivity contribution in [1.29, 1.82) is 0 Å². The van der Waals surface area contributed by atoms with Crippen LogP contribution in [0.25, 0.3) is 0 Å². The van der Waals surface area contributed by atoms with E-state index in [0.29, 0.717) is 5.56 Å². The maximum Gasteiger partial charge on any atom is 0.307 e. The summed E-state index contributed by atoms with van der Waals surface area (Å²) < 4.78 is 27.0. The number of sulfonamides is 1. The van der Waals surface area contributed by atoms with Gasteiger partial charge in [-0.2, -0.15) is 0 Å². The molecule has 20 heavy (non-hydrogen) atoms. The summed E-state index contributed by atoms with van der Waals surface area (Å²) in [5.41, 5.74) is 0.386. The molecule has 6 heteroatoms. The van der Waals surface area contributed by atoms with E-state index in [-0.39, 0.29) is 22.8 Å². The number of carboxylic acid groups (broad SMARTS) is 1. The van der Waals surface area contributed by atoms with Crippen molar-refractivity contribution in [2.24, 2.45) is 5.41 Å². The van der Waals surface area contributed by atoms with Gasteiger partial charge in [-0.05, 0) is 30.0 Å². The smallest absolute Gasteiger partial charge is 0.307 e. The van der Waals surface area contributed by atoms with E-state index in [4.69, 9.17) is 5.11 Å². The molecule has 0 fully saturated rings. The summed E-state index contributed by atoms with van der Waals surface area (Å²) in [6.45, 7) is 7.68. The van der Waals surface area contributed by atoms with E-state index in [1.807, 2.05) is 27.7 Å². The summed E-state index contributed by atoms with van der Waals surface area (Å²) in [7, 11) is -3.59. The van der Waals surface area contributed by atoms with E-state index in [2.05, 4.69) is 4.72 Å². The maximum atomic E-state index is 12.2. The summed E-state index contributed by atoms with van der Waals surface area (Å²) in [6.07, 6.45) is -0.119. The Morgan fingerprint density at radius 3 is 2.15 bits per heavy atom. The highest BCUT2D eigenvalue weighted by atomic mass is 32.2. The molecule has 0 aliphatic heterocycles. The van der Waals surface area contributed by atoms with Gasteiger partial charge in [0.25, 0.3) is 0 Å². The zero-order valence-corrected chi connectivity index (χ0v) is 13.0. The van der Waals surface area contributed by atoms with Crippen LogP contribution in [0.3, 0.4) is 0 Å². The topological polar surface area (TPSA) is 83.5 Å². The molecular formula is C14H21NO4S. The minimum Gasteiger partial charge on any atom is -0.481 e. The van der Waals surface area contributed by atoms with E-state index in [1.165, 1.54) is 24.3 Å². The zero-order chi connectivity index (χ0) is 15.6. The molecule has 1 rings (SSSR count). The van der Waals surface area contributed by atoms with Crippen LogP contribution in [0.1, 0.15) is 33.3 Å². The lowest BCUT2D eigenvalue weighted by Gasteiger charge is -2.27. The molecule has 0 spiro atoms. The highest BCUT2D eigenvalue weighted by molar-refractivity contribution is 7.89. The summed E-state index contributed by atoms with van der Waals surface area (Å²) in [4.78, 5) is 10.7. The SMILES string of the molecule is CC(NS(=O)(=O)c1ccc(CC(=O)O)cc1)C(C)(C)C. The average molecular weight is 299 g/mol.